The third-order valence-electron chi connectivity index (χ3n) is 2.06. The molecular weight excluding hydrogens is 162 g/mol. The Labute approximate surface area is 78.8 Å². The molecule has 0 aliphatic carbocycles. The first-order chi connectivity index (χ1) is 6.27. The maximum Gasteiger partial charge on any atom is 0.119 e. The lowest BCUT2D eigenvalue weighted by atomic mass is 10.0. The fourth-order valence-electron chi connectivity index (χ4n) is 1.27. The molecule has 1 aromatic rings. The maximum absolute atomic E-state index is 8.44. The summed E-state index contributed by atoms with van der Waals surface area (Å²) in [6.45, 7) is 2.04. The summed E-state index contributed by atoms with van der Waals surface area (Å²) in [4.78, 5) is 0. The highest BCUT2D eigenvalue weighted by Gasteiger charge is 1.99. The normalized spacial score (nSPS) is 9.31. The lowest BCUT2D eigenvalue weighted by Gasteiger charge is -2.05. The van der Waals surface area contributed by atoms with Crippen molar-refractivity contribution in [3.63, 3.8) is 0 Å². The van der Waals surface area contributed by atoms with E-state index < -0.39 is 0 Å². The van der Waals surface area contributed by atoms with Crippen LogP contribution in [0.3, 0.4) is 0 Å². The number of hydrogen-bond donors (Lipinski definition) is 0. The van der Waals surface area contributed by atoms with Crippen molar-refractivity contribution in [3.05, 3.63) is 29.3 Å². The van der Waals surface area contributed by atoms with Crippen LogP contribution in [0, 0.1) is 18.3 Å². The van der Waals surface area contributed by atoms with E-state index in [-0.39, 0.29) is 0 Å². The molecule has 0 aromatic heterocycles. The van der Waals surface area contributed by atoms with E-state index in [1.54, 1.807) is 7.11 Å². The predicted molar refractivity (Wildman–Crippen MR) is 51.7 cm³/mol. The highest BCUT2D eigenvalue weighted by Crippen LogP contribution is 2.17. The molecule has 0 unspecified atom stereocenters. The number of nitrogens with zero attached hydrogens (tertiary/aromatic N) is 1. The van der Waals surface area contributed by atoms with Crippen molar-refractivity contribution in [1.29, 1.82) is 5.26 Å². The highest BCUT2D eigenvalue weighted by molar-refractivity contribution is 5.34. The molecule has 13 heavy (non-hydrogen) atoms. The molecule has 68 valence electrons. The van der Waals surface area contributed by atoms with Crippen LogP contribution < -0.4 is 4.74 Å². The summed E-state index contributed by atoms with van der Waals surface area (Å²) in [5.41, 5.74) is 2.41. The van der Waals surface area contributed by atoms with Crippen molar-refractivity contribution >= 4 is 0 Å². The Morgan fingerprint density at radius 3 is 2.77 bits per heavy atom. The smallest absolute Gasteiger partial charge is 0.119 e. The molecule has 0 atom stereocenters. The van der Waals surface area contributed by atoms with Gasteiger partial charge in [0, 0.05) is 6.42 Å². The number of benzene rings is 1. The van der Waals surface area contributed by atoms with Crippen LogP contribution in [-0.2, 0) is 6.42 Å². The van der Waals surface area contributed by atoms with Gasteiger partial charge in [0.15, 0.2) is 0 Å². The standard InChI is InChI=1S/C11H13NO/c1-9-8-11(13-2)6-5-10(9)4-3-7-12/h5-6,8H,3-4H2,1-2H3. The molecule has 0 N–H and O–H groups in total. The summed E-state index contributed by atoms with van der Waals surface area (Å²) in [6, 6.07) is 8.08. The number of nitriles is 1. The van der Waals surface area contributed by atoms with Crippen molar-refractivity contribution in [2.24, 2.45) is 0 Å². The molecule has 0 aliphatic heterocycles. The van der Waals surface area contributed by atoms with Gasteiger partial charge in [0.05, 0.1) is 13.2 Å². The van der Waals surface area contributed by atoms with Crippen molar-refractivity contribution in [2.75, 3.05) is 7.11 Å². The summed E-state index contributed by atoms with van der Waals surface area (Å²) in [6.07, 6.45) is 1.40. The van der Waals surface area contributed by atoms with Crippen LogP contribution in [0.5, 0.6) is 5.75 Å². The summed E-state index contributed by atoms with van der Waals surface area (Å²) in [5, 5.41) is 8.44. The molecule has 1 rings (SSSR count). The number of aryl methyl sites for hydroxylation is 2. The van der Waals surface area contributed by atoms with E-state index in [9.17, 15) is 0 Å². The van der Waals surface area contributed by atoms with E-state index in [4.69, 9.17) is 10.00 Å². The average molecular weight is 175 g/mol. The van der Waals surface area contributed by atoms with Gasteiger partial charge in [-0.2, -0.15) is 5.26 Å². The molecular formula is C11H13NO. The second kappa shape index (κ2) is 4.51. The Balaban J connectivity index is 2.80. The lowest BCUT2D eigenvalue weighted by Crippen LogP contribution is -1.90. The van der Waals surface area contributed by atoms with Gasteiger partial charge in [-0.3, -0.25) is 0 Å². The monoisotopic (exact) mass is 175 g/mol. The third-order valence-corrected chi connectivity index (χ3v) is 2.06. The van der Waals surface area contributed by atoms with E-state index in [0.29, 0.717) is 6.42 Å². The Morgan fingerprint density at radius 1 is 1.46 bits per heavy atom. The van der Waals surface area contributed by atoms with Crippen molar-refractivity contribution in [1.82, 2.24) is 0 Å². The van der Waals surface area contributed by atoms with Gasteiger partial charge in [-0.05, 0) is 36.6 Å². The molecule has 0 saturated heterocycles. The molecule has 0 spiro atoms. The van der Waals surface area contributed by atoms with Gasteiger partial charge in [0.25, 0.3) is 0 Å². The van der Waals surface area contributed by atoms with Crippen LogP contribution in [0.15, 0.2) is 18.2 Å². The minimum absolute atomic E-state index is 0.577. The highest BCUT2D eigenvalue weighted by atomic mass is 16.5. The van der Waals surface area contributed by atoms with E-state index >= 15 is 0 Å². The molecule has 0 fully saturated rings. The largest absolute Gasteiger partial charge is 0.497 e. The molecule has 0 heterocycles. The van der Waals surface area contributed by atoms with E-state index in [1.807, 2.05) is 25.1 Å². The van der Waals surface area contributed by atoms with Gasteiger partial charge in [0.2, 0.25) is 0 Å². The van der Waals surface area contributed by atoms with E-state index in [2.05, 4.69) is 6.07 Å². The summed E-state index contributed by atoms with van der Waals surface area (Å²) < 4.78 is 5.09. The second-order valence-corrected chi connectivity index (χ2v) is 2.95. The Hall–Kier alpha value is -1.49. The first-order valence-corrected chi connectivity index (χ1v) is 4.28. The van der Waals surface area contributed by atoms with Gasteiger partial charge in [-0.25, -0.2) is 0 Å². The average Bonchev–Trinajstić information content (AvgIpc) is 2.16. The minimum Gasteiger partial charge on any atom is -0.497 e. The molecule has 0 bridgehead atoms. The molecule has 2 nitrogen and oxygen atoms in total. The van der Waals surface area contributed by atoms with Crippen LogP contribution >= 0.6 is 0 Å². The van der Waals surface area contributed by atoms with Crippen LogP contribution in [-0.4, -0.2) is 7.11 Å². The molecule has 0 radical (unpaired) electrons. The van der Waals surface area contributed by atoms with Crippen molar-refractivity contribution in [2.45, 2.75) is 19.8 Å². The molecule has 0 saturated carbocycles. The van der Waals surface area contributed by atoms with Gasteiger partial charge in [0.1, 0.15) is 5.75 Å². The van der Waals surface area contributed by atoms with Gasteiger partial charge >= 0.3 is 0 Å². The van der Waals surface area contributed by atoms with Crippen molar-refractivity contribution < 1.29 is 4.74 Å². The Kier molecular flexibility index (Phi) is 3.33. The van der Waals surface area contributed by atoms with Gasteiger partial charge < -0.3 is 4.74 Å². The fraction of sp³-hybridized carbons (Fsp3) is 0.364. The third kappa shape index (κ3) is 2.48. The fourth-order valence-corrected chi connectivity index (χ4v) is 1.27. The van der Waals surface area contributed by atoms with Gasteiger partial charge in [-0.15, -0.1) is 0 Å². The first-order valence-electron chi connectivity index (χ1n) is 4.28. The van der Waals surface area contributed by atoms with Crippen LogP contribution in [0.25, 0.3) is 0 Å². The number of hydrogen-bond acceptors (Lipinski definition) is 2. The van der Waals surface area contributed by atoms with E-state index in [1.165, 1.54) is 11.1 Å². The first kappa shape index (κ1) is 9.60. The SMILES string of the molecule is COc1ccc(CCC#N)c(C)c1. The minimum atomic E-state index is 0.577. The summed E-state index contributed by atoms with van der Waals surface area (Å²) in [7, 11) is 1.66. The maximum atomic E-state index is 8.44. The van der Waals surface area contributed by atoms with Crippen LogP contribution in [0.4, 0.5) is 0 Å². The number of ether oxygens (including phenoxy) is 1. The number of methoxy groups -OCH3 is 1. The Morgan fingerprint density at radius 2 is 2.23 bits per heavy atom. The molecule has 0 aliphatic rings. The summed E-state index contributed by atoms with van der Waals surface area (Å²) in [5.74, 6) is 0.873. The van der Waals surface area contributed by atoms with Gasteiger partial charge in [-0.1, -0.05) is 6.07 Å². The zero-order chi connectivity index (χ0) is 9.68. The predicted octanol–water partition coefficient (Wildman–Crippen LogP) is 2.46. The van der Waals surface area contributed by atoms with Crippen LogP contribution in [0.2, 0.25) is 0 Å². The zero-order valence-corrected chi connectivity index (χ0v) is 8.00. The summed E-state index contributed by atoms with van der Waals surface area (Å²) >= 11 is 0. The van der Waals surface area contributed by atoms with E-state index in [0.717, 1.165) is 12.2 Å². The Bertz CT molecular complexity index is 325. The topological polar surface area (TPSA) is 33.0 Å². The zero-order valence-electron chi connectivity index (χ0n) is 8.00. The number of rotatable bonds is 3. The molecule has 2 heteroatoms. The molecule has 1 aromatic carbocycles. The van der Waals surface area contributed by atoms with Crippen LogP contribution in [0.1, 0.15) is 17.5 Å². The van der Waals surface area contributed by atoms with Crippen molar-refractivity contribution in [3.8, 4) is 11.8 Å². The quantitative estimate of drug-likeness (QED) is 0.707. The second-order valence-electron chi connectivity index (χ2n) is 2.95. The molecule has 0 amide bonds. The lowest BCUT2D eigenvalue weighted by molar-refractivity contribution is 0.414.